The van der Waals surface area contributed by atoms with E-state index in [-0.39, 0.29) is 17.9 Å². The lowest BCUT2D eigenvalue weighted by atomic mass is 10.1. The van der Waals surface area contributed by atoms with Gasteiger partial charge in [-0.25, -0.2) is 0 Å². The molecule has 1 aliphatic rings. The summed E-state index contributed by atoms with van der Waals surface area (Å²) < 4.78 is 0. The minimum atomic E-state index is 0.124. The molecule has 0 aliphatic heterocycles. The molecule has 1 saturated carbocycles. The number of carbonyl (C=O) groups is 1. The molecule has 0 aromatic heterocycles. The summed E-state index contributed by atoms with van der Waals surface area (Å²) in [4.78, 5) is 11.5. The van der Waals surface area contributed by atoms with E-state index in [1.807, 2.05) is 6.92 Å². The van der Waals surface area contributed by atoms with Crippen LogP contribution in [0.5, 0.6) is 0 Å². The normalized spacial score (nSPS) is 17.2. The number of rotatable bonds is 3. The van der Waals surface area contributed by atoms with E-state index in [0.717, 1.165) is 12.8 Å². The van der Waals surface area contributed by atoms with Gasteiger partial charge in [-0.3, -0.25) is 4.79 Å². The Bertz CT molecular complexity index is 351. The lowest BCUT2D eigenvalue weighted by Crippen LogP contribution is -2.27. The maximum Gasteiger partial charge on any atom is 0.223 e. The third-order valence-corrected chi connectivity index (χ3v) is 2.88. The molecule has 1 N–H and O–H groups in total. The van der Waals surface area contributed by atoms with Gasteiger partial charge in [0.15, 0.2) is 0 Å². The van der Waals surface area contributed by atoms with Crippen LogP contribution in [0.2, 0.25) is 0 Å². The summed E-state index contributed by atoms with van der Waals surface area (Å²) in [6.45, 7) is 4.10. The van der Waals surface area contributed by atoms with Gasteiger partial charge in [-0.15, -0.1) is 0 Å². The predicted octanol–water partition coefficient (Wildman–Crippen LogP) is 2.58. The summed E-state index contributed by atoms with van der Waals surface area (Å²) in [6, 6.07) is 8.43. The number of hydrogen-bond acceptors (Lipinski definition) is 1. The molecule has 0 radical (unpaired) electrons. The van der Waals surface area contributed by atoms with E-state index in [0.29, 0.717) is 0 Å². The van der Waals surface area contributed by atoms with Crippen molar-refractivity contribution in [3.8, 4) is 0 Å². The fraction of sp³-hybridized carbons (Fsp3) is 0.462. The number of aryl methyl sites for hydroxylation is 1. The number of benzene rings is 1. The summed E-state index contributed by atoms with van der Waals surface area (Å²) in [7, 11) is 0. The molecule has 0 heterocycles. The van der Waals surface area contributed by atoms with Crippen LogP contribution >= 0.6 is 0 Å². The molecule has 0 unspecified atom stereocenters. The Kier molecular flexibility index (Phi) is 2.76. The Morgan fingerprint density at radius 2 is 1.93 bits per heavy atom. The van der Waals surface area contributed by atoms with Gasteiger partial charge in [-0.1, -0.05) is 29.8 Å². The van der Waals surface area contributed by atoms with E-state index >= 15 is 0 Å². The van der Waals surface area contributed by atoms with Crippen molar-refractivity contribution in [1.29, 1.82) is 0 Å². The molecule has 1 aliphatic carbocycles. The van der Waals surface area contributed by atoms with Gasteiger partial charge in [-0.2, -0.15) is 0 Å². The van der Waals surface area contributed by atoms with Crippen LogP contribution in [0.3, 0.4) is 0 Å². The minimum absolute atomic E-state index is 0.124. The highest BCUT2D eigenvalue weighted by Crippen LogP contribution is 2.29. The Hall–Kier alpha value is -1.31. The topological polar surface area (TPSA) is 29.1 Å². The molecule has 1 aromatic rings. The number of nitrogens with one attached hydrogen (secondary N) is 1. The van der Waals surface area contributed by atoms with Gasteiger partial charge in [0.2, 0.25) is 5.91 Å². The van der Waals surface area contributed by atoms with Crippen LogP contribution in [0, 0.1) is 12.8 Å². The monoisotopic (exact) mass is 203 g/mol. The quantitative estimate of drug-likeness (QED) is 0.803. The van der Waals surface area contributed by atoms with Crippen LogP contribution in [-0.4, -0.2) is 5.91 Å². The molecule has 15 heavy (non-hydrogen) atoms. The van der Waals surface area contributed by atoms with Crippen molar-refractivity contribution in [2.75, 3.05) is 0 Å². The van der Waals surface area contributed by atoms with Gasteiger partial charge in [-0.05, 0) is 32.3 Å². The molecule has 0 spiro atoms. The SMILES string of the molecule is Cc1ccc([C@@H](C)NC(=O)C2CC2)cc1. The lowest BCUT2D eigenvalue weighted by molar-refractivity contribution is -0.122. The van der Waals surface area contributed by atoms with E-state index in [1.54, 1.807) is 0 Å². The highest BCUT2D eigenvalue weighted by Gasteiger charge is 2.30. The van der Waals surface area contributed by atoms with E-state index in [1.165, 1.54) is 11.1 Å². The van der Waals surface area contributed by atoms with E-state index in [2.05, 4.69) is 36.5 Å². The summed E-state index contributed by atoms with van der Waals surface area (Å²) in [5.74, 6) is 0.501. The molecule has 2 rings (SSSR count). The summed E-state index contributed by atoms with van der Waals surface area (Å²) in [6.07, 6.45) is 2.12. The van der Waals surface area contributed by atoms with Gasteiger partial charge < -0.3 is 5.32 Å². The number of amides is 1. The van der Waals surface area contributed by atoms with Crippen LogP contribution in [0.1, 0.15) is 36.9 Å². The van der Waals surface area contributed by atoms with Crippen molar-refractivity contribution in [3.63, 3.8) is 0 Å². The van der Waals surface area contributed by atoms with Gasteiger partial charge in [0.1, 0.15) is 0 Å². The highest BCUT2D eigenvalue weighted by molar-refractivity contribution is 5.81. The van der Waals surface area contributed by atoms with Crippen molar-refractivity contribution in [2.45, 2.75) is 32.7 Å². The molecule has 1 aromatic carbocycles. The Morgan fingerprint density at radius 1 is 1.33 bits per heavy atom. The zero-order valence-electron chi connectivity index (χ0n) is 9.29. The third kappa shape index (κ3) is 2.58. The first-order valence-corrected chi connectivity index (χ1v) is 5.54. The van der Waals surface area contributed by atoms with Crippen LogP contribution in [0.4, 0.5) is 0 Å². The molecular weight excluding hydrogens is 186 g/mol. The van der Waals surface area contributed by atoms with Crippen LogP contribution in [0.15, 0.2) is 24.3 Å². The fourth-order valence-electron chi connectivity index (χ4n) is 1.62. The minimum Gasteiger partial charge on any atom is -0.349 e. The van der Waals surface area contributed by atoms with Crippen molar-refractivity contribution in [1.82, 2.24) is 5.32 Å². The second kappa shape index (κ2) is 4.05. The van der Waals surface area contributed by atoms with E-state index in [4.69, 9.17) is 0 Å². The molecular formula is C13H17NO. The molecule has 80 valence electrons. The predicted molar refractivity (Wildman–Crippen MR) is 60.5 cm³/mol. The van der Waals surface area contributed by atoms with E-state index in [9.17, 15) is 4.79 Å². The Labute approximate surface area is 90.7 Å². The molecule has 1 amide bonds. The van der Waals surface area contributed by atoms with Crippen molar-refractivity contribution in [2.24, 2.45) is 5.92 Å². The zero-order valence-corrected chi connectivity index (χ0v) is 9.29. The van der Waals surface area contributed by atoms with Crippen molar-refractivity contribution in [3.05, 3.63) is 35.4 Å². The van der Waals surface area contributed by atoms with Gasteiger partial charge in [0.25, 0.3) is 0 Å². The number of hydrogen-bond donors (Lipinski definition) is 1. The average molecular weight is 203 g/mol. The molecule has 2 heteroatoms. The smallest absolute Gasteiger partial charge is 0.223 e. The summed E-state index contributed by atoms with van der Waals surface area (Å²) in [5, 5.41) is 3.04. The largest absolute Gasteiger partial charge is 0.349 e. The Balaban J connectivity index is 1.97. The van der Waals surface area contributed by atoms with Crippen LogP contribution in [-0.2, 0) is 4.79 Å². The molecule has 0 bridgehead atoms. The van der Waals surface area contributed by atoms with Gasteiger partial charge >= 0.3 is 0 Å². The van der Waals surface area contributed by atoms with Gasteiger partial charge in [0, 0.05) is 5.92 Å². The van der Waals surface area contributed by atoms with Crippen molar-refractivity contribution >= 4 is 5.91 Å². The molecule has 1 fully saturated rings. The summed E-state index contributed by atoms with van der Waals surface area (Å²) >= 11 is 0. The van der Waals surface area contributed by atoms with Crippen LogP contribution < -0.4 is 5.32 Å². The highest BCUT2D eigenvalue weighted by atomic mass is 16.2. The van der Waals surface area contributed by atoms with Crippen LogP contribution in [0.25, 0.3) is 0 Å². The first kappa shape index (κ1) is 10.2. The third-order valence-electron chi connectivity index (χ3n) is 2.88. The fourth-order valence-corrected chi connectivity index (χ4v) is 1.62. The van der Waals surface area contributed by atoms with Crippen molar-refractivity contribution < 1.29 is 4.79 Å². The lowest BCUT2D eigenvalue weighted by Gasteiger charge is -2.14. The molecule has 2 nitrogen and oxygen atoms in total. The molecule has 0 saturated heterocycles. The zero-order chi connectivity index (χ0) is 10.8. The standard InChI is InChI=1S/C13H17NO/c1-9-3-5-11(6-4-9)10(2)14-13(15)12-7-8-12/h3-6,10,12H,7-8H2,1-2H3,(H,14,15)/t10-/m1/s1. The Morgan fingerprint density at radius 3 is 2.47 bits per heavy atom. The first-order chi connectivity index (χ1) is 7.16. The second-order valence-electron chi connectivity index (χ2n) is 4.42. The van der Waals surface area contributed by atoms with Gasteiger partial charge in [0.05, 0.1) is 6.04 Å². The summed E-state index contributed by atoms with van der Waals surface area (Å²) in [5.41, 5.74) is 2.43. The average Bonchev–Trinajstić information content (AvgIpc) is 3.01. The maximum absolute atomic E-state index is 11.5. The van der Waals surface area contributed by atoms with E-state index < -0.39 is 0 Å². The molecule has 1 atom stereocenters. The second-order valence-corrected chi connectivity index (χ2v) is 4.42. The number of carbonyl (C=O) groups excluding carboxylic acids is 1. The first-order valence-electron chi connectivity index (χ1n) is 5.54. The maximum atomic E-state index is 11.5.